The molecule has 1 atom stereocenters. The Kier molecular flexibility index (Phi) is 9.65. The van der Waals surface area contributed by atoms with Crippen LogP contribution in [0.15, 0.2) is 82.5 Å². The molecule has 0 saturated heterocycles. The summed E-state index contributed by atoms with van der Waals surface area (Å²) in [7, 11) is 0. The number of thiophene rings is 1. The minimum Gasteiger partial charge on any atom is -0.462 e. The van der Waals surface area contributed by atoms with Gasteiger partial charge in [-0.25, -0.2) is 4.79 Å². The lowest BCUT2D eigenvalue weighted by Crippen LogP contribution is -2.31. The van der Waals surface area contributed by atoms with Crippen molar-refractivity contribution in [3.05, 3.63) is 104 Å². The van der Waals surface area contributed by atoms with Crippen molar-refractivity contribution in [2.75, 3.05) is 23.0 Å². The number of benzene rings is 2. The Bertz CT molecular complexity index is 1640. The van der Waals surface area contributed by atoms with Crippen LogP contribution >= 0.6 is 23.1 Å². The molecule has 2 aromatic carbocycles. The molecule has 0 radical (unpaired) electrons. The van der Waals surface area contributed by atoms with Gasteiger partial charge in [0.2, 0.25) is 5.91 Å². The predicted octanol–water partition coefficient (Wildman–Crippen LogP) is 6.51. The number of carbonyl (C=O) groups excluding carboxylic acids is 3. The van der Waals surface area contributed by atoms with Crippen molar-refractivity contribution in [3.8, 4) is 6.07 Å². The lowest BCUT2D eigenvalue weighted by molar-refractivity contribution is -0.114. The van der Waals surface area contributed by atoms with Crippen LogP contribution in [-0.4, -0.2) is 30.1 Å². The van der Waals surface area contributed by atoms with Crippen LogP contribution in [-0.2, 0) is 27.2 Å². The van der Waals surface area contributed by atoms with Crippen molar-refractivity contribution in [1.29, 1.82) is 5.26 Å². The number of aryl methyl sites for hydroxylation is 1. The minimum absolute atomic E-state index is 0.00131. The van der Waals surface area contributed by atoms with Gasteiger partial charge in [0.25, 0.3) is 5.91 Å². The largest absolute Gasteiger partial charge is 0.462 e. The number of amides is 2. The maximum Gasteiger partial charge on any atom is 0.341 e. The van der Waals surface area contributed by atoms with Crippen molar-refractivity contribution < 1.29 is 19.1 Å². The highest BCUT2D eigenvalue weighted by molar-refractivity contribution is 8.03. The second-order valence-electron chi connectivity index (χ2n) is 10.2. The summed E-state index contributed by atoms with van der Waals surface area (Å²) in [4.78, 5) is 40.7. The summed E-state index contributed by atoms with van der Waals surface area (Å²) in [5.74, 6) is -1.65. The van der Waals surface area contributed by atoms with Crippen LogP contribution in [0.4, 0.5) is 10.7 Å². The fraction of sp³-hybridized carbons (Fsp3) is 0.273. The standard InChI is InChI=1S/C33H32N4O4S2/c1-3-41-33(40)29-23-16-10-11-17-25(23)43-32(29)37-26(38)19-42-31-24(18-34)28(21-12-6-4-7-13-21)27(20(2)35-31)30(39)36-22-14-8-5-9-15-22/h4-9,12-15,28,35H,3,10-11,16-17,19H2,1-2H3,(H,36,39)(H,37,38)/t28-/m1/s1. The maximum absolute atomic E-state index is 13.6. The average Bonchev–Trinajstić information content (AvgIpc) is 3.38. The summed E-state index contributed by atoms with van der Waals surface area (Å²) in [5.41, 5.74) is 4.27. The third-order valence-corrected chi connectivity index (χ3v) is 9.53. The van der Waals surface area contributed by atoms with Crippen LogP contribution in [0.3, 0.4) is 0 Å². The molecule has 1 aliphatic heterocycles. The first-order chi connectivity index (χ1) is 20.9. The molecule has 10 heteroatoms. The van der Waals surface area contributed by atoms with Crippen LogP contribution in [0, 0.1) is 11.3 Å². The number of ether oxygens (including phenoxy) is 1. The summed E-state index contributed by atoms with van der Waals surface area (Å²) >= 11 is 2.63. The number of para-hydroxylation sites is 1. The van der Waals surface area contributed by atoms with Gasteiger partial charge < -0.3 is 20.7 Å². The highest BCUT2D eigenvalue weighted by atomic mass is 32.2. The minimum atomic E-state index is -0.624. The fourth-order valence-electron chi connectivity index (χ4n) is 5.40. The van der Waals surface area contributed by atoms with Crippen molar-refractivity contribution >= 4 is 51.6 Å². The number of thioether (sulfide) groups is 1. The van der Waals surface area contributed by atoms with Gasteiger partial charge in [0.15, 0.2) is 0 Å². The Morgan fingerprint density at radius 2 is 1.74 bits per heavy atom. The van der Waals surface area contributed by atoms with E-state index < -0.39 is 11.9 Å². The zero-order valence-corrected chi connectivity index (χ0v) is 25.6. The average molecular weight is 613 g/mol. The van der Waals surface area contributed by atoms with Gasteiger partial charge in [0, 0.05) is 21.8 Å². The molecule has 1 aromatic heterocycles. The van der Waals surface area contributed by atoms with Crippen LogP contribution < -0.4 is 16.0 Å². The van der Waals surface area contributed by atoms with Gasteiger partial charge >= 0.3 is 5.97 Å². The lowest BCUT2D eigenvalue weighted by atomic mass is 9.82. The number of rotatable bonds is 9. The first-order valence-corrected chi connectivity index (χ1v) is 16.0. The number of allylic oxidation sites excluding steroid dienone is 2. The van der Waals surface area contributed by atoms with E-state index in [0.717, 1.165) is 41.7 Å². The number of carbonyl (C=O) groups is 3. The molecule has 3 N–H and O–H groups in total. The highest BCUT2D eigenvalue weighted by Crippen LogP contribution is 2.42. The zero-order chi connectivity index (χ0) is 30.3. The Labute approximate surface area is 259 Å². The van der Waals surface area contributed by atoms with Gasteiger partial charge in [-0.2, -0.15) is 5.26 Å². The molecule has 0 saturated carbocycles. The van der Waals surface area contributed by atoms with Gasteiger partial charge in [-0.15, -0.1) is 11.3 Å². The topological polar surface area (TPSA) is 120 Å². The first kappa shape index (κ1) is 30.1. The van der Waals surface area contributed by atoms with E-state index in [4.69, 9.17) is 4.74 Å². The molecule has 2 amide bonds. The fourth-order valence-corrected chi connectivity index (χ4v) is 7.59. The van der Waals surface area contributed by atoms with Crippen LogP contribution in [0.2, 0.25) is 0 Å². The number of esters is 1. The second-order valence-corrected chi connectivity index (χ2v) is 12.2. The molecule has 0 spiro atoms. The van der Waals surface area contributed by atoms with Crippen LogP contribution in [0.25, 0.3) is 0 Å². The molecule has 2 aliphatic rings. The third-order valence-electron chi connectivity index (χ3n) is 7.31. The molecule has 5 rings (SSSR count). The summed E-state index contributed by atoms with van der Waals surface area (Å²) < 4.78 is 5.31. The van der Waals surface area contributed by atoms with E-state index >= 15 is 0 Å². The Morgan fingerprint density at radius 1 is 1.05 bits per heavy atom. The maximum atomic E-state index is 13.6. The molecule has 220 valence electrons. The van der Waals surface area contributed by atoms with E-state index in [1.165, 1.54) is 23.1 Å². The van der Waals surface area contributed by atoms with Crippen molar-refractivity contribution in [2.24, 2.45) is 0 Å². The SMILES string of the molecule is CCOC(=O)c1c(NC(=O)CSC2=C(C#N)[C@@H](c3ccccc3)C(C(=O)Nc3ccccc3)=C(C)N2)sc2c1CCCC2. The van der Waals surface area contributed by atoms with Gasteiger partial charge in [-0.1, -0.05) is 60.3 Å². The molecule has 1 aliphatic carbocycles. The van der Waals surface area contributed by atoms with Crippen molar-refractivity contribution in [1.82, 2.24) is 5.32 Å². The van der Waals surface area contributed by atoms with Gasteiger partial charge in [-0.05, 0) is 62.8 Å². The highest BCUT2D eigenvalue weighted by Gasteiger charge is 2.35. The van der Waals surface area contributed by atoms with E-state index in [1.807, 2.05) is 48.5 Å². The molecule has 3 aromatic rings. The van der Waals surface area contributed by atoms with Gasteiger partial charge in [0.1, 0.15) is 5.00 Å². The van der Waals surface area contributed by atoms with E-state index in [0.29, 0.717) is 38.1 Å². The molecule has 0 bridgehead atoms. The molecule has 0 fully saturated rings. The monoisotopic (exact) mass is 612 g/mol. The molecule has 0 unspecified atom stereocenters. The number of dihydropyridines is 1. The molecule has 8 nitrogen and oxygen atoms in total. The van der Waals surface area contributed by atoms with E-state index in [1.54, 1.807) is 26.0 Å². The van der Waals surface area contributed by atoms with E-state index in [-0.39, 0.29) is 24.2 Å². The van der Waals surface area contributed by atoms with E-state index in [9.17, 15) is 19.6 Å². The summed E-state index contributed by atoms with van der Waals surface area (Å²) in [5, 5.41) is 20.5. The molecular weight excluding hydrogens is 581 g/mol. The van der Waals surface area contributed by atoms with Gasteiger partial charge in [0.05, 0.1) is 40.5 Å². The number of hydrogen-bond acceptors (Lipinski definition) is 8. The molecular formula is C33H32N4O4S2. The summed E-state index contributed by atoms with van der Waals surface area (Å²) in [6, 6.07) is 20.9. The zero-order valence-electron chi connectivity index (χ0n) is 24.0. The summed E-state index contributed by atoms with van der Waals surface area (Å²) in [6.07, 6.45) is 3.72. The first-order valence-electron chi connectivity index (χ1n) is 14.2. The third kappa shape index (κ3) is 6.69. The number of hydrogen-bond donors (Lipinski definition) is 3. The number of anilines is 2. The van der Waals surface area contributed by atoms with Crippen LogP contribution in [0.1, 0.15) is 59.0 Å². The van der Waals surface area contributed by atoms with Crippen LogP contribution in [0.5, 0.6) is 0 Å². The van der Waals surface area contributed by atoms with Gasteiger partial charge in [-0.3, -0.25) is 9.59 Å². The quantitative estimate of drug-likeness (QED) is 0.236. The predicted molar refractivity (Wildman–Crippen MR) is 171 cm³/mol. The lowest BCUT2D eigenvalue weighted by Gasteiger charge is -2.29. The van der Waals surface area contributed by atoms with E-state index in [2.05, 4.69) is 22.0 Å². The van der Waals surface area contributed by atoms with Crippen molar-refractivity contribution in [3.63, 3.8) is 0 Å². The van der Waals surface area contributed by atoms with Crippen molar-refractivity contribution in [2.45, 2.75) is 45.4 Å². The second kappa shape index (κ2) is 13.8. The number of fused-ring (bicyclic) bond motifs is 1. The number of nitrogens with one attached hydrogen (secondary N) is 3. The normalized spacial score (nSPS) is 16.1. The molecule has 2 heterocycles. The smallest absolute Gasteiger partial charge is 0.341 e. The Morgan fingerprint density at radius 3 is 2.44 bits per heavy atom. The summed E-state index contributed by atoms with van der Waals surface area (Å²) in [6.45, 7) is 3.82. The Hall–Kier alpha value is -4.33. The number of nitrogens with zero attached hydrogens (tertiary/aromatic N) is 1. The molecule has 43 heavy (non-hydrogen) atoms. The number of nitriles is 1. The Balaban J connectivity index is 1.39.